The molecule has 1 aromatic carbocycles. The van der Waals surface area contributed by atoms with Crippen LogP contribution in [0.2, 0.25) is 0 Å². The average molecular weight is 370 g/mol. The number of carbonyl (C=O) groups is 1. The molecular formula is C17H26N2O5S. The van der Waals surface area contributed by atoms with Crippen molar-refractivity contribution in [2.45, 2.75) is 39.0 Å². The van der Waals surface area contributed by atoms with Crippen molar-refractivity contribution in [3.05, 3.63) is 35.7 Å². The van der Waals surface area contributed by atoms with E-state index >= 15 is 0 Å². The number of amides is 1. The van der Waals surface area contributed by atoms with Crippen LogP contribution in [-0.2, 0) is 14.0 Å². The number of unbranched alkanes of at least 4 members (excludes halogenated alkanes) is 3. The average Bonchev–Trinajstić information content (AvgIpc) is 3.07. The van der Waals surface area contributed by atoms with Crippen molar-refractivity contribution < 1.29 is 24.0 Å². The molecule has 8 heteroatoms. The summed E-state index contributed by atoms with van der Waals surface area (Å²) in [6.45, 7) is 2.56. The first-order chi connectivity index (χ1) is 12.2. The van der Waals surface area contributed by atoms with Crippen molar-refractivity contribution in [1.29, 1.82) is 0 Å². The fourth-order valence-corrected chi connectivity index (χ4v) is 3.63. The van der Waals surface area contributed by atoms with Crippen LogP contribution < -0.4 is 14.9 Å². The van der Waals surface area contributed by atoms with Gasteiger partial charge in [-0.3, -0.25) is 14.7 Å². The lowest BCUT2D eigenvalue weighted by Gasteiger charge is -2.10. The quantitative estimate of drug-likeness (QED) is 0.166. The van der Waals surface area contributed by atoms with Gasteiger partial charge in [0.25, 0.3) is 0 Å². The maximum Gasteiger partial charge on any atom is 0.243 e. The monoisotopic (exact) mass is 370 g/mol. The Morgan fingerprint density at radius 1 is 1.32 bits per heavy atom. The van der Waals surface area contributed by atoms with E-state index in [2.05, 4.69) is 4.72 Å². The molecule has 1 aliphatic rings. The fraction of sp³-hybridized carbons (Fsp3) is 0.471. The number of nitrogens with one attached hydrogen (secondary N) is 2. The summed E-state index contributed by atoms with van der Waals surface area (Å²) in [4.78, 5) is 16.2. The summed E-state index contributed by atoms with van der Waals surface area (Å²) in [6, 6.07) is 7.77. The zero-order valence-corrected chi connectivity index (χ0v) is 15.3. The number of para-hydroxylation sites is 1. The molecule has 0 aromatic heterocycles. The lowest BCUT2D eigenvalue weighted by atomic mass is 10.1. The zero-order valence-electron chi connectivity index (χ0n) is 14.4. The van der Waals surface area contributed by atoms with Crippen LogP contribution in [0.25, 0.3) is 6.08 Å². The second-order valence-corrected chi connectivity index (χ2v) is 7.13. The highest BCUT2D eigenvalue weighted by Gasteiger charge is 2.18. The second kappa shape index (κ2) is 10.9. The molecule has 1 aromatic rings. The van der Waals surface area contributed by atoms with E-state index in [1.807, 2.05) is 37.3 Å². The molecule has 2 rings (SSSR count). The second-order valence-electron chi connectivity index (χ2n) is 5.55. The van der Waals surface area contributed by atoms with Gasteiger partial charge >= 0.3 is 0 Å². The van der Waals surface area contributed by atoms with Crippen molar-refractivity contribution in [2.75, 3.05) is 12.4 Å². The van der Waals surface area contributed by atoms with Gasteiger partial charge in [-0.05, 0) is 37.2 Å². The Bertz CT molecular complexity index is 582. The van der Waals surface area contributed by atoms with Crippen LogP contribution in [0.3, 0.4) is 0 Å². The zero-order chi connectivity index (χ0) is 17.9. The molecule has 1 atom stereocenters. The third kappa shape index (κ3) is 6.85. The minimum Gasteiger partial charge on any atom is -0.493 e. The minimum absolute atomic E-state index is 0.333. The molecule has 0 radical (unpaired) electrons. The molecule has 0 bridgehead atoms. The highest BCUT2D eigenvalue weighted by atomic mass is 32.2. The third-order valence-corrected chi connectivity index (χ3v) is 5.04. The Morgan fingerprint density at radius 3 is 2.92 bits per heavy atom. The largest absolute Gasteiger partial charge is 0.493 e. The molecule has 140 valence electrons. The van der Waals surface area contributed by atoms with Crippen molar-refractivity contribution in [2.24, 2.45) is 0 Å². The van der Waals surface area contributed by atoms with E-state index in [1.54, 1.807) is 5.48 Å². The summed E-state index contributed by atoms with van der Waals surface area (Å²) in [5.74, 6) is 1.95. The Kier molecular flexibility index (Phi) is 8.44. The summed E-state index contributed by atoms with van der Waals surface area (Å²) in [6.07, 6.45) is 5.95. The van der Waals surface area contributed by atoms with Crippen LogP contribution >= 0.6 is 11.4 Å². The van der Waals surface area contributed by atoms with E-state index in [9.17, 15) is 4.79 Å². The summed E-state index contributed by atoms with van der Waals surface area (Å²) in [7, 11) is 0. The molecule has 1 fully saturated rings. The molecular weight excluding hydrogens is 344 g/mol. The van der Waals surface area contributed by atoms with Crippen LogP contribution in [-0.4, -0.2) is 23.5 Å². The lowest BCUT2D eigenvalue weighted by molar-refractivity contribution is -0.135. The molecule has 0 spiro atoms. The molecule has 7 nitrogen and oxygen atoms in total. The van der Waals surface area contributed by atoms with Gasteiger partial charge in [0.05, 0.1) is 6.61 Å². The number of rotatable bonds is 10. The highest BCUT2D eigenvalue weighted by molar-refractivity contribution is 8.11. The molecule has 1 aliphatic heterocycles. The van der Waals surface area contributed by atoms with E-state index in [1.165, 1.54) is 0 Å². The van der Waals surface area contributed by atoms with Crippen LogP contribution in [0.4, 0.5) is 0 Å². The van der Waals surface area contributed by atoms with Crippen LogP contribution in [0.15, 0.2) is 30.1 Å². The van der Waals surface area contributed by atoms with E-state index in [-0.39, 0.29) is 5.91 Å². The first-order valence-corrected chi connectivity index (χ1v) is 9.92. The molecule has 1 saturated heterocycles. The standard InChI is InChI=1S/C17H26N2O5S/c1-2-22-15-10-7-6-9-14(15)13-17-19-25(24-23-17)12-8-4-3-5-11-16(20)18-21/h6-7,9-10,13,19,21,25H,2-5,8,11-12H2,1H3,(H,18,20)/b17-13-. The van der Waals surface area contributed by atoms with E-state index in [0.717, 1.165) is 42.7 Å². The number of hydrogen-bond acceptors (Lipinski definition) is 6. The van der Waals surface area contributed by atoms with Gasteiger partial charge in [0.2, 0.25) is 11.8 Å². The first-order valence-electron chi connectivity index (χ1n) is 8.48. The summed E-state index contributed by atoms with van der Waals surface area (Å²) in [5, 5.41) is 8.41. The molecule has 0 saturated carbocycles. The topological polar surface area (TPSA) is 89.1 Å². The number of ether oxygens (including phenoxy) is 1. The SMILES string of the molecule is CCOc1ccccc1/C=C1/N[SH](CCCCCCC(=O)NO)OO1. The molecule has 1 heterocycles. The van der Waals surface area contributed by atoms with Gasteiger partial charge in [0.1, 0.15) is 5.75 Å². The van der Waals surface area contributed by atoms with Crippen LogP contribution in [0.1, 0.15) is 44.6 Å². The maximum absolute atomic E-state index is 10.9. The number of carbonyl (C=O) groups excluding carboxylic acids is 1. The van der Waals surface area contributed by atoms with Gasteiger partial charge in [-0.1, -0.05) is 31.0 Å². The van der Waals surface area contributed by atoms with Crippen LogP contribution in [0, 0.1) is 0 Å². The Hall–Kier alpha value is -1.90. The number of benzene rings is 1. The summed E-state index contributed by atoms with van der Waals surface area (Å²) >= 11 is -0.835. The Morgan fingerprint density at radius 2 is 2.12 bits per heavy atom. The molecule has 25 heavy (non-hydrogen) atoms. The third-order valence-electron chi connectivity index (χ3n) is 3.60. The van der Waals surface area contributed by atoms with Crippen molar-refractivity contribution in [3.63, 3.8) is 0 Å². The van der Waals surface area contributed by atoms with E-state index < -0.39 is 11.4 Å². The van der Waals surface area contributed by atoms with Crippen molar-refractivity contribution >= 4 is 23.3 Å². The van der Waals surface area contributed by atoms with E-state index in [4.69, 9.17) is 19.2 Å². The first kappa shape index (κ1) is 19.4. The van der Waals surface area contributed by atoms with Gasteiger partial charge in [-0.25, -0.2) is 5.48 Å². The maximum atomic E-state index is 10.9. The molecule has 1 unspecified atom stereocenters. The van der Waals surface area contributed by atoms with Gasteiger partial charge in [-0.2, -0.15) is 0 Å². The molecule has 1 amide bonds. The number of hydrogen-bond donors (Lipinski definition) is 4. The van der Waals surface area contributed by atoms with Crippen molar-refractivity contribution in [3.8, 4) is 5.75 Å². The van der Waals surface area contributed by atoms with E-state index in [0.29, 0.717) is 18.9 Å². The smallest absolute Gasteiger partial charge is 0.243 e. The molecule has 3 N–H and O–H groups in total. The highest BCUT2D eigenvalue weighted by Crippen LogP contribution is 2.34. The fourth-order valence-electron chi connectivity index (χ4n) is 2.37. The molecule has 0 aliphatic carbocycles. The summed E-state index contributed by atoms with van der Waals surface area (Å²) in [5.41, 5.74) is 2.58. The van der Waals surface area contributed by atoms with Gasteiger partial charge < -0.3 is 9.62 Å². The predicted molar refractivity (Wildman–Crippen MR) is 97.8 cm³/mol. The van der Waals surface area contributed by atoms with Gasteiger partial charge in [-0.15, -0.1) is 4.33 Å². The number of thiol groups is 1. The van der Waals surface area contributed by atoms with Crippen molar-refractivity contribution in [1.82, 2.24) is 10.2 Å². The lowest BCUT2D eigenvalue weighted by Crippen LogP contribution is -2.17. The Balaban J connectivity index is 1.70. The number of hydroxylamine groups is 1. The Labute approximate surface area is 150 Å². The summed E-state index contributed by atoms with van der Waals surface area (Å²) < 4.78 is 14.2. The normalized spacial score (nSPS) is 19.3. The van der Waals surface area contributed by atoms with Crippen LogP contribution in [0.5, 0.6) is 5.75 Å². The van der Waals surface area contributed by atoms with Gasteiger partial charge in [0.15, 0.2) is 0 Å². The van der Waals surface area contributed by atoms with Gasteiger partial charge in [0, 0.05) is 23.8 Å². The minimum atomic E-state index is -0.835. The predicted octanol–water partition coefficient (Wildman–Crippen LogP) is 3.22.